The Kier molecular flexibility index (Phi) is 4.37. The minimum atomic E-state index is -2.19. The maximum Gasteiger partial charge on any atom is 0.333 e. The molecule has 5 nitrogen and oxygen atoms in total. The zero-order valence-corrected chi connectivity index (χ0v) is 9.30. The molecular formula is C12H15NO4. The molecule has 0 heterocycles. The predicted octanol–water partition coefficient (Wildman–Crippen LogP) is -0.0373. The summed E-state index contributed by atoms with van der Waals surface area (Å²) in [6.45, 7) is -0.893. The van der Waals surface area contributed by atoms with E-state index in [0.29, 0.717) is 6.42 Å². The molecule has 0 aliphatic heterocycles. The average molecular weight is 237 g/mol. The number of carboxylic acids is 1. The molecule has 1 aromatic rings. The van der Waals surface area contributed by atoms with Crippen molar-refractivity contribution in [3.8, 4) is 0 Å². The van der Waals surface area contributed by atoms with E-state index in [-0.39, 0.29) is 6.42 Å². The van der Waals surface area contributed by atoms with Crippen LogP contribution in [-0.4, -0.2) is 34.1 Å². The quantitative estimate of drug-likeness (QED) is 0.603. The summed E-state index contributed by atoms with van der Waals surface area (Å²) >= 11 is 0. The number of aliphatic hydroxyl groups is 1. The minimum absolute atomic E-state index is 0.00657. The molecule has 0 aliphatic carbocycles. The number of ketones is 1. The highest BCUT2D eigenvalue weighted by molar-refractivity contribution is 6.07. The Labute approximate surface area is 98.9 Å². The van der Waals surface area contributed by atoms with Crippen molar-refractivity contribution in [3.63, 3.8) is 0 Å². The number of aliphatic carboxylic acids is 1. The molecule has 4 N–H and O–H groups in total. The van der Waals surface area contributed by atoms with Gasteiger partial charge in [-0.25, -0.2) is 4.79 Å². The molecule has 0 unspecified atom stereocenters. The van der Waals surface area contributed by atoms with E-state index >= 15 is 0 Å². The third-order valence-electron chi connectivity index (χ3n) is 2.61. The van der Waals surface area contributed by atoms with Gasteiger partial charge in [-0.3, -0.25) is 4.79 Å². The number of hydrogen-bond donors (Lipinski definition) is 3. The highest BCUT2D eigenvalue weighted by atomic mass is 16.4. The number of carbonyl (C=O) groups is 2. The van der Waals surface area contributed by atoms with Crippen molar-refractivity contribution in [2.24, 2.45) is 5.73 Å². The first-order valence-corrected chi connectivity index (χ1v) is 5.21. The molecule has 1 rings (SSSR count). The second-order valence-corrected chi connectivity index (χ2v) is 3.84. The SMILES string of the molecule is N[C@@](CO)(C(=O)O)C(=O)CCc1ccccc1. The van der Waals surface area contributed by atoms with Crippen molar-refractivity contribution in [1.82, 2.24) is 0 Å². The average Bonchev–Trinajstić information content (AvgIpc) is 2.35. The van der Waals surface area contributed by atoms with Gasteiger partial charge in [0, 0.05) is 6.42 Å². The third kappa shape index (κ3) is 3.12. The second-order valence-electron chi connectivity index (χ2n) is 3.84. The maximum atomic E-state index is 11.6. The van der Waals surface area contributed by atoms with Crippen molar-refractivity contribution in [3.05, 3.63) is 35.9 Å². The van der Waals surface area contributed by atoms with Crippen molar-refractivity contribution in [2.45, 2.75) is 18.4 Å². The highest BCUT2D eigenvalue weighted by Gasteiger charge is 2.40. The van der Waals surface area contributed by atoms with Gasteiger partial charge in [0.1, 0.15) is 0 Å². The first-order valence-electron chi connectivity index (χ1n) is 5.21. The van der Waals surface area contributed by atoms with Crippen LogP contribution in [0.1, 0.15) is 12.0 Å². The van der Waals surface area contributed by atoms with Crippen molar-refractivity contribution in [2.75, 3.05) is 6.61 Å². The summed E-state index contributed by atoms with van der Waals surface area (Å²) in [4.78, 5) is 22.4. The molecule has 17 heavy (non-hydrogen) atoms. The molecule has 0 saturated carbocycles. The van der Waals surface area contributed by atoms with E-state index in [9.17, 15) is 9.59 Å². The molecule has 0 aromatic heterocycles. The minimum Gasteiger partial charge on any atom is -0.479 e. The Bertz CT molecular complexity index is 404. The van der Waals surface area contributed by atoms with E-state index in [2.05, 4.69) is 0 Å². The van der Waals surface area contributed by atoms with E-state index < -0.39 is 23.9 Å². The highest BCUT2D eigenvalue weighted by Crippen LogP contribution is 2.09. The van der Waals surface area contributed by atoms with Crippen molar-refractivity contribution >= 4 is 11.8 Å². The van der Waals surface area contributed by atoms with Crippen LogP contribution in [0.4, 0.5) is 0 Å². The second kappa shape index (κ2) is 5.56. The first-order chi connectivity index (χ1) is 8.00. The Morgan fingerprint density at radius 1 is 1.24 bits per heavy atom. The van der Waals surface area contributed by atoms with Crippen LogP contribution in [0.25, 0.3) is 0 Å². The number of aryl methyl sites for hydroxylation is 1. The smallest absolute Gasteiger partial charge is 0.333 e. The summed E-state index contributed by atoms with van der Waals surface area (Å²) < 4.78 is 0. The van der Waals surface area contributed by atoms with Gasteiger partial charge >= 0.3 is 5.97 Å². The van der Waals surface area contributed by atoms with Gasteiger partial charge in [0.2, 0.25) is 0 Å². The van der Waals surface area contributed by atoms with Gasteiger partial charge in [-0.1, -0.05) is 30.3 Å². The van der Waals surface area contributed by atoms with Crippen molar-refractivity contribution in [1.29, 1.82) is 0 Å². The summed E-state index contributed by atoms with van der Waals surface area (Å²) in [7, 11) is 0. The number of Topliss-reactive ketones (excluding diaryl/α,β-unsaturated/α-hetero) is 1. The van der Waals surface area contributed by atoms with Gasteiger partial charge < -0.3 is 15.9 Å². The molecule has 0 radical (unpaired) electrons. The predicted molar refractivity (Wildman–Crippen MR) is 61.4 cm³/mol. The monoisotopic (exact) mass is 237 g/mol. The topological polar surface area (TPSA) is 101 Å². The largest absolute Gasteiger partial charge is 0.479 e. The normalized spacial score (nSPS) is 14.0. The van der Waals surface area contributed by atoms with Crippen molar-refractivity contribution < 1.29 is 19.8 Å². The Balaban J connectivity index is 2.64. The fraction of sp³-hybridized carbons (Fsp3) is 0.333. The molecular weight excluding hydrogens is 222 g/mol. The molecule has 92 valence electrons. The van der Waals surface area contributed by atoms with Gasteiger partial charge in [-0.05, 0) is 12.0 Å². The van der Waals surface area contributed by atoms with E-state index in [4.69, 9.17) is 15.9 Å². The lowest BCUT2D eigenvalue weighted by molar-refractivity contribution is -0.150. The fourth-order valence-electron chi connectivity index (χ4n) is 1.40. The Morgan fingerprint density at radius 3 is 2.29 bits per heavy atom. The third-order valence-corrected chi connectivity index (χ3v) is 2.61. The number of carbonyl (C=O) groups excluding carboxylic acids is 1. The van der Waals surface area contributed by atoms with Gasteiger partial charge in [0.25, 0.3) is 0 Å². The molecule has 0 fully saturated rings. The van der Waals surface area contributed by atoms with Crippen LogP contribution in [0, 0.1) is 0 Å². The van der Waals surface area contributed by atoms with E-state index in [1.54, 1.807) is 0 Å². The number of hydrogen-bond acceptors (Lipinski definition) is 4. The number of carboxylic acid groups (broad SMARTS) is 1. The van der Waals surface area contributed by atoms with Gasteiger partial charge in [0.15, 0.2) is 11.3 Å². The van der Waals surface area contributed by atoms with E-state index in [0.717, 1.165) is 5.56 Å². The molecule has 1 atom stereocenters. The molecule has 1 aromatic carbocycles. The van der Waals surface area contributed by atoms with Crippen LogP contribution in [0.3, 0.4) is 0 Å². The van der Waals surface area contributed by atoms with Crippen LogP contribution in [0.5, 0.6) is 0 Å². The van der Waals surface area contributed by atoms with E-state index in [1.807, 2.05) is 30.3 Å². The number of aliphatic hydroxyl groups excluding tert-OH is 1. The van der Waals surface area contributed by atoms with Gasteiger partial charge in [-0.15, -0.1) is 0 Å². The number of nitrogens with two attached hydrogens (primary N) is 1. The van der Waals surface area contributed by atoms with Gasteiger partial charge in [0.05, 0.1) is 6.61 Å². The molecule has 0 aliphatic rings. The molecule has 0 bridgehead atoms. The van der Waals surface area contributed by atoms with Crippen LogP contribution in [0.2, 0.25) is 0 Å². The molecule has 0 saturated heterocycles. The summed E-state index contributed by atoms with van der Waals surface area (Å²) in [6, 6.07) is 9.19. The summed E-state index contributed by atoms with van der Waals surface area (Å²) in [5, 5.41) is 17.7. The molecule has 5 heteroatoms. The lowest BCUT2D eigenvalue weighted by Gasteiger charge is -2.20. The number of benzene rings is 1. The standard InChI is InChI=1S/C12H15NO4/c13-12(8-14,11(16)17)10(15)7-6-9-4-2-1-3-5-9/h1-5,14H,6-8,13H2,(H,16,17)/t12-/m1/s1. The number of rotatable bonds is 6. The van der Waals surface area contributed by atoms with Crippen LogP contribution < -0.4 is 5.73 Å². The molecule has 0 amide bonds. The fourth-order valence-corrected chi connectivity index (χ4v) is 1.40. The van der Waals surface area contributed by atoms with Gasteiger partial charge in [-0.2, -0.15) is 0 Å². The maximum absolute atomic E-state index is 11.6. The first kappa shape index (κ1) is 13.3. The Morgan fingerprint density at radius 2 is 1.82 bits per heavy atom. The zero-order chi connectivity index (χ0) is 12.9. The zero-order valence-electron chi connectivity index (χ0n) is 9.30. The Hall–Kier alpha value is -1.72. The lowest BCUT2D eigenvalue weighted by Crippen LogP contribution is -2.58. The molecule has 0 spiro atoms. The summed E-state index contributed by atoms with van der Waals surface area (Å²) in [5.41, 5.74) is 4.09. The van der Waals surface area contributed by atoms with Crippen LogP contribution in [0.15, 0.2) is 30.3 Å². The van der Waals surface area contributed by atoms with Crippen LogP contribution >= 0.6 is 0 Å². The van der Waals surface area contributed by atoms with Crippen LogP contribution in [-0.2, 0) is 16.0 Å². The lowest BCUT2D eigenvalue weighted by atomic mass is 9.92. The summed E-state index contributed by atoms with van der Waals surface area (Å²) in [6.07, 6.45) is 0.402. The summed E-state index contributed by atoms with van der Waals surface area (Å²) in [5.74, 6) is -2.17. The van der Waals surface area contributed by atoms with E-state index in [1.165, 1.54) is 0 Å².